The number of aromatic nitrogens is 2. The standard InChI is InChI=1S/C35H23Br2N3O4/c1-42-30-11-6-12-32-26(30)18-33(44-32)34-39-29-10-5-4-9-25(29)35(41)40(34)38-19-27-24-8-3-2-7-21(24)14-16-31(27)43-20-22-13-15-23(36)17-28(22)37/h2-19H,20H2,1H3. The van der Waals surface area contributed by atoms with Crippen LogP contribution in [0.1, 0.15) is 11.1 Å². The van der Waals surface area contributed by atoms with E-state index in [1.807, 2.05) is 91.0 Å². The number of ether oxygens (including phenoxy) is 2. The second-order valence-corrected chi connectivity index (χ2v) is 11.8. The maximum absolute atomic E-state index is 13.9. The van der Waals surface area contributed by atoms with E-state index in [9.17, 15) is 4.79 Å². The van der Waals surface area contributed by atoms with Crippen LogP contribution in [0.3, 0.4) is 0 Å². The van der Waals surface area contributed by atoms with Crippen molar-refractivity contribution in [1.29, 1.82) is 0 Å². The summed E-state index contributed by atoms with van der Waals surface area (Å²) in [6.07, 6.45) is 1.65. The smallest absolute Gasteiger partial charge is 0.282 e. The van der Waals surface area contributed by atoms with Gasteiger partial charge < -0.3 is 13.9 Å². The fourth-order valence-corrected chi connectivity index (χ4v) is 6.32. The predicted octanol–water partition coefficient (Wildman–Crippen LogP) is 8.96. The third-order valence-electron chi connectivity index (χ3n) is 7.35. The van der Waals surface area contributed by atoms with Crippen LogP contribution in [0.4, 0.5) is 0 Å². The first kappa shape index (κ1) is 28.1. The van der Waals surface area contributed by atoms with Gasteiger partial charge >= 0.3 is 0 Å². The highest BCUT2D eigenvalue weighted by Crippen LogP contribution is 2.33. The number of benzene rings is 5. The van der Waals surface area contributed by atoms with E-state index in [1.54, 1.807) is 25.5 Å². The molecule has 0 aliphatic carbocycles. The Labute approximate surface area is 268 Å². The molecule has 0 bridgehead atoms. The minimum absolute atomic E-state index is 0.268. The number of hydrogen-bond donors (Lipinski definition) is 0. The van der Waals surface area contributed by atoms with Gasteiger partial charge in [-0.05, 0) is 59.3 Å². The van der Waals surface area contributed by atoms with Crippen molar-refractivity contribution in [1.82, 2.24) is 9.66 Å². The van der Waals surface area contributed by atoms with E-state index in [0.717, 1.165) is 36.2 Å². The first-order valence-electron chi connectivity index (χ1n) is 13.7. The van der Waals surface area contributed by atoms with Crippen molar-refractivity contribution in [3.8, 4) is 23.1 Å². The highest BCUT2D eigenvalue weighted by molar-refractivity contribution is 9.11. The summed E-state index contributed by atoms with van der Waals surface area (Å²) in [7, 11) is 1.61. The van der Waals surface area contributed by atoms with Crippen molar-refractivity contribution in [2.75, 3.05) is 7.11 Å². The van der Waals surface area contributed by atoms with Gasteiger partial charge in [0.15, 0.2) is 5.76 Å². The number of fused-ring (bicyclic) bond motifs is 3. The molecule has 7 nitrogen and oxygen atoms in total. The van der Waals surface area contributed by atoms with E-state index in [-0.39, 0.29) is 11.4 Å². The van der Waals surface area contributed by atoms with Crippen LogP contribution in [0.25, 0.3) is 44.2 Å². The molecule has 0 amide bonds. The summed E-state index contributed by atoms with van der Waals surface area (Å²) in [6.45, 7) is 0.330. The molecule has 0 unspecified atom stereocenters. The Morgan fingerprint density at radius 1 is 0.864 bits per heavy atom. The molecule has 0 saturated carbocycles. The van der Waals surface area contributed by atoms with Gasteiger partial charge in [-0.25, -0.2) is 4.98 Å². The van der Waals surface area contributed by atoms with Crippen LogP contribution < -0.4 is 15.0 Å². The van der Waals surface area contributed by atoms with Gasteiger partial charge in [-0.15, -0.1) is 0 Å². The molecular weight excluding hydrogens is 686 g/mol. The Morgan fingerprint density at radius 2 is 1.68 bits per heavy atom. The monoisotopic (exact) mass is 707 g/mol. The van der Waals surface area contributed by atoms with E-state index in [4.69, 9.17) is 24.0 Å². The summed E-state index contributed by atoms with van der Waals surface area (Å²) >= 11 is 7.12. The number of hydrogen-bond acceptors (Lipinski definition) is 6. The van der Waals surface area contributed by atoms with Gasteiger partial charge in [0.25, 0.3) is 5.56 Å². The predicted molar refractivity (Wildman–Crippen MR) is 181 cm³/mol. The number of rotatable bonds is 7. The lowest BCUT2D eigenvalue weighted by molar-refractivity contribution is 0.305. The van der Waals surface area contributed by atoms with Gasteiger partial charge in [0.2, 0.25) is 5.82 Å². The Bertz CT molecular complexity index is 2290. The summed E-state index contributed by atoms with van der Waals surface area (Å²) in [5, 5.41) is 7.90. The Hall–Kier alpha value is -4.73. The molecule has 2 heterocycles. The molecule has 7 aromatic rings. The molecular formula is C35H23Br2N3O4. The van der Waals surface area contributed by atoms with Crippen LogP contribution in [-0.2, 0) is 6.61 Å². The van der Waals surface area contributed by atoms with Crippen molar-refractivity contribution in [2.24, 2.45) is 5.10 Å². The van der Waals surface area contributed by atoms with Crippen LogP contribution in [0.5, 0.6) is 11.5 Å². The van der Waals surface area contributed by atoms with E-state index in [1.165, 1.54) is 4.68 Å². The Balaban J connectivity index is 1.38. The van der Waals surface area contributed by atoms with E-state index >= 15 is 0 Å². The van der Waals surface area contributed by atoms with Crippen molar-refractivity contribution in [3.63, 3.8) is 0 Å². The maximum atomic E-state index is 13.9. The zero-order chi connectivity index (χ0) is 30.2. The SMILES string of the molecule is COc1cccc2oc(-c3nc4ccccc4c(=O)n3N=Cc3c(OCc4ccc(Br)cc4Br)ccc4ccccc34)cc12. The van der Waals surface area contributed by atoms with Crippen molar-refractivity contribution in [3.05, 3.63) is 134 Å². The topological polar surface area (TPSA) is 78.9 Å². The van der Waals surface area contributed by atoms with Gasteiger partial charge in [0, 0.05) is 20.1 Å². The van der Waals surface area contributed by atoms with Crippen molar-refractivity contribution in [2.45, 2.75) is 6.61 Å². The molecule has 0 radical (unpaired) electrons. The minimum Gasteiger partial charge on any atom is -0.496 e. The summed E-state index contributed by atoms with van der Waals surface area (Å²) < 4.78 is 21.3. The van der Waals surface area contributed by atoms with Gasteiger partial charge in [0.05, 0.1) is 29.6 Å². The minimum atomic E-state index is -0.323. The fraction of sp³-hybridized carbons (Fsp3) is 0.0571. The van der Waals surface area contributed by atoms with Crippen molar-refractivity contribution >= 4 is 70.7 Å². The largest absolute Gasteiger partial charge is 0.496 e. The number of halogens is 2. The zero-order valence-electron chi connectivity index (χ0n) is 23.3. The molecule has 0 fully saturated rings. The molecule has 0 saturated heterocycles. The van der Waals surface area contributed by atoms with E-state index < -0.39 is 0 Å². The number of para-hydroxylation sites is 1. The van der Waals surface area contributed by atoms with Crippen LogP contribution in [0.2, 0.25) is 0 Å². The average molecular weight is 709 g/mol. The third kappa shape index (κ3) is 5.18. The molecule has 9 heteroatoms. The molecule has 216 valence electrons. The Morgan fingerprint density at radius 3 is 2.52 bits per heavy atom. The van der Waals surface area contributed by atoms with Crippen LogP contribution in [0, 0.1) is 0 Å². The van der Waals surface area contributed by atoms with Gasteiger partial charge in [0.1, 0.15) is 23.7 Å². The molecule has 44 heavy (non-hydrogen) atoms. The first-order valence-corrected chi connectivity index (χ1v) is 15.3. The summed E-state index contributed by atoms with van der Waals surface area (Å²) in [5.41, 5.74) is 2.55. The van der Waals surface area contributed by atoms with Gasteiger partial charge in [-0.1, -0.05) is 86.5 Å². The second-order valence-electron chi connectivity index (χ2n) is 10.0. The van der Waals surface area contributed by atoms with Crippen LogP contribution >= 0.6 is 31.9 Å². The quantitative estimate of drug-likeness (QED) is 0.155. The molecule has 0 aliphatic heterocycles. The highest BCUT2D eigenvalue weighted by atomic mass is 79.9. The summed E-state index contributed by atoms with van der Waals surface area (Å²) in [5.74, 6) is 1.94. The average Bonchev–Trinajstić information content (AvgIpc) is 3.49. The van der Waals surface area contributed by atoms with E-state index in [2.05, 4.69) is 31.9 Å². The number of furan rings is 1. The van der Waals surface area contributed by atoms with Crippen LogP contribution in [-0.4, -0.2) is 23.0 Å². The molecule has 0 spiro atoms. The molecule has 2 aromatic heterocycles. The molecule has 0 aliphatic rings. The molecule has 5 aromatic carbocycles. The van der Waals surface area contributed by atoms with Crippen LogP contribution in [0.15, 0.2) is 126 Å². The highest BCUT2D eigenvalue weighted by Gasteiger charge is 2.18. The van der Waals surface area contributed by atoms with Crippen molar-refractivity contribution < 1.29 is 13.9 Å². The number of nitrogens with zero attached hydrogens (tertiary/aromatic N) is 3. The molecule has 7 rings (SSSR count). The fourth-order valence-electron chi connectivity index (χ4n) is 5.16. The normalized spacial score (nSPS) is 11.6. The lowest BCUT2D eigenvalue weighted by atomic mass is 10.0. The summed E-state index contributed by atoms with van der Waals surface area (Å²) in [4.78, 5) is 18.7. The second kappa shape index (κ2) is 11.7. The lowest BCUT2D eigenvalue weighted by Crippen LogP contribution is -2.20. The van der Waals surface area contributed by atoms with Gasteiger partial charge in [-0.3, -0.25) is 4.79 Å². The number of methoxy groups -OCH3 is 1. The third-order valence-corrected chi connectivity index (χ3v) is 8.58. The summed E-state index contributed by atoms with van der Waals surface area (Å²) in [6, 6.07) is 32.4. The first-order chi connectivity index (χ1) is 21.5. The maximum Gasteiger partial charge on any atom is 0.282 e. The van der Waals surface area contributed by atoms with E-state index in [0.29, 0.717) is 40.4 Å². The molecule has 0 atom stereocenters. The molecule has 0 N–H and O–H groups in total. The Kier molecular flexibility index (Phi) is 7.49. The lowest BCUT2D eigenvalue weighted by Gasteiger charge is -2.13. The van der Waals surface area contributed by atoms with Gasteiger partial charge in [-0.2, -0.15) is 9.78 Å². The zero-order valence-corrected chi connectivity index (χ0v) is 26.5.